The van der Waals surface area contributed by atoms with Crippen LogP contribution in [0.15, 0.2) is 133 Å². The Morgan fingerprint density at radius 3 is 1.48 bits per heavy atom. The highest BCUT2D eigenvalue weighted by Crippen LogP contribution is 2.40. The van der Waals surface area contributed by atoms with Gasteiger partial charge in [0.1, 0.15) is 0 Å². The molecule has 0 bridgehead atoms. The van der Waals surface area contributed by atoms with E-state index in [4.69, 9.17) is 0 Å². The largest absolute Gasteiger partial charge is 0.345 e. The summed E-state index contributed by atoms with van der Waals surface area (Å²) in [5, 5.41) is 0. The maximum Gasteiger partial charge on any atom is 0.0408 e. The van der Waals surface area contributed by atoms with E-state index in [0.717, 1.165) is 12.8 Å². The molecule has 2 aliphatic rings. The number of benzene rings is 6. The lowest BCUT2D eigenvalue weighted by molar-refractivity contribution is 1.21. The zero-order chi connectivity index (χ0) is 26.6. The van der Waals surface area contributed by atoms with Gasteiger partial charge in [0.05, 0.1) is 0 Å². The molecule has 1 heteroatoms. The van der Waals surface area contributed by atoms with Gasteiger partial charge in [-0.25, -0.2) is 0 Å². The van der Waals surface area contributed by atoms with Gasteiger partial charge in [-0.15, -0.1) is 0 Å². The third kappa shape index (κ3) is 3.78. The van der Waals surface area contributed by atoms with Crippen molar-refractivity contribution < 1.29 is 0 Å². The Labute approximate surface area is 236 Å². The summed E-state index contributed by atoms with van der Waals surface area (Å²) in [6, 6.07) is 49.2. The monoisotopic (exact) mass is 511 g/mol. The van der Waals surface area contributed by atoms with Crippen LogP contribution in [0.1, 0.15) is 22.3 Å². The van der Waals surface area contributed by atoms with E-state index in [0.29, 0.717) is 0 Å². The zero-order valence-corrected chi connectivity index (χ0v) is 22.6. The second-order valence-electron chi connectivity index (χ2n) is 11.1. The van der Waals surface area contributed by atoms with Crippen molar-refractivity contribution in [1.29, 1.82) is 0 Å². The van der Waals surface area contributed by atoms with Crippen LogP contribution >= 0.6 is 0 Å². The van der Waals surface area contributed by atoms with Gasteiger partial charge in [-0.05, 0) is 110 Å². The average Bonchev–Trinajstić information content (AvgIpc) is 3.58. The van der Waals surface area contributed by atoms with Gasteiger partial charge in [0.25, 0.3) is 0 Å². The molecule has 6 aromatic carbocycles. The van der Waals surface area contributed by atoms with E-state index in [1.54, 1.807) is 0 Å². The maximum absolute atomic E-state index is 2.37. The summed E-state index contributed by atoms with van der Waals surface area (Å²) in [6.45, 7) is 0. The zero-order valence-electron chi connectivity index (χ0n) is 22.6. The molecule has 0 spiro atoms. The second kappa shape index (κ2) is 9.10. The minimum Gasteiger partial charge on any atom is -0.345 e. The van der Waals surface area contributed by atoms with Crippen molar-refractivity contribution >= 4 is 11.4 Å². The molecular formula is C39H29N. The lowest BCUT2D eigenvalue weighted by atomic mass is 9.98. The van der Waals surface area contributed by atoms with Gasteiger partial charge in [-0.3, -0.25) is 0 Å². The van der Waals surface area contributed by atoms with Crippen molar-refractivity contribution in [3.8, 4) is 44.5 Å². The Morgan fingerprint density at radius 2 is 0.825 bits per heavy atom. The fourth-order valence-corrected chi connectivity index (χ4v) is 6.53. The minimum absolute atomic E-state index is 1.02. The molecule has 1 nitrogen and oxygen atoms in total. The highest BCUT2D eigenvalue weighted by atomic mass is 15.1. The highest BCUT2D eigenvalue weighted by molar-refractivity contribution is 5.83. The molecule has 0 saturated carbocycles. The number of nitrogens with zero attached hydrogens (tertiary/aromatic N) is 1. The number of hydrogen-bond acceptors (Lipinski definition) is 1. The molecule has 0 atom stereocenters. The standard InChI is InChI=1S/C39H29N/c1-40(34-17-12-26(13-18-34)28-16-21-38-33(22-28)24-31-7-2-4-8-36(31)38)35-19-14-27(15-20-35)29-10-11-32-23-30-6-3-5-9-37(30)39(32)25-29/h2-22,25H,23-24H2,1H3. The number of rotatable bonds is 4. The van der Waals surface area contributed by atoms with Gasteiger partial charge in [-0.1, -0.05) is 103 Å². The first-order valence-corrected chi connectivity index (χ1v) is 14.1. The van der Waals surface area contributed by atoms with E-state index in [1.807, 2.05) is 0 Å². The summed E-state index contributed by atoms with van der Waals surface area (Å²) in [7, 11) is 2.14. The predicted molar refractivity (Wildman–Crippen MR) is 168 cm³/mol. The van der Waals surface area contributed by atoms with Crippen LogP contribution in [0.3, 0.4) is 0 Å². The minimum atomic E-state index is 1.02. The van der Waals surface area contributed by atoms with Gasteiger partial charge < -0.3 is 4.90 Å². The Kier molecular flexibility index (Phi) is 5.24. The smallest absolute Gasteiger partial charge is 0.0408 e. The molecular weight excluding hydrogens is 482 g/mol. The van der Waals surface area contributed by atoms with Gasteiger partial charge in [0.15, 0.2) is 0 Å². The predicted octanol–water partition coefficient (Wildman–Crippen LogP) is 9.93. The van der Waals surface area contributed by atoms with Crippen LogP contribution in [0.2, 0.25) is 0 Å². The summed E-state index contributed by atoms with van der Waals surface area (Å²) < 4.78 is 0. The summed E-state index contributed by atoms with van der Waals surface area (Å²) in [4.78, 5) is 2.26. The van der Waals surface area contributed by atoms with Gasteiger partial charge in [0, 0.05) is 18.4 Å². The molecule has 6 aromatic rings. The van der Waals surface area contributed by atoms with Crippen molar-refractivity contribution in [1.82, 2.24) is 0 Å². The molecule has 0 heterocycles. The summed E-state index contributed by atoms with van der Waals surface area (Å²) >= 11 is 0. The van der Waals surface area contributed by atoms with Crippen LogP contribution in [-0.2, 0) is 12.8 Å². The van der Waals surface area contributed by atoms with Crippen LogP contribution in [0, 0.1) is 0 Å². The van der Waals surface area contributed by atoms with Crippen molar-refractivity contribution in [2.45, 2.75) is 12.8 Å². The summed E-state index contributed by atoms with van der Waals surface area (Å²) in [6.07, 6.45) is 2.06. The lowest BCUT2D eigenvalue weighted by Crippen LogP contribution is -2.08. The fraction of sp³-hybridized carbons (Fsp3) is 0.0769. The first kappa shape index (κ1) is 23.0. The Balaban J connectivity index is 1.01. The Hall–Kier alpha value is -4.88. The molecule has 40 heavy (non-hydrogen) atoms. The lowest BCUT2D eigenvalue weighted by Gasteiger charge is -2.20. The fourth-order valence-electron chi connectivity index (χ4n) is 6.53. The Bertz CT molecular complexity index is 1890. The van der Waals surface area contributed by atoms with E-state index in [2.05, 4.69) is 145 Å². The number of anilines is 2. The van der Waals surface area contributed by atoms with Crippen LogP contribution < -0.4 is 4.90 Å². The number of hydrogen-bond donors (Lipinski definition) is 0. The first-order valence-electron chi connectivity index (χ1n) is 14.1. The van der Waals surface area contributed by atoms with E-state index in [1.165, 1.54) is 78.1 Å². The molecule has 0 saturated heterocycles. The van der Waals surface area contributed by atoms with E-state index in [9.17, 15) is 0 Å². The molecule has 0 radical (unpaired) electrons. The SMILES string of the molecule is CN(c1ccc(-c2ccc3c(c2)Cc2ccccc2-3)cc1)c1ccc(-c2ccc3c(c2)-c2ccccc2C3)cc1. The molecule has 0 aromatic heterocycles. The maximum atomic E-state index is 2.37. The molecule has 0 amide bonds. The van der Waals surface area contributed by atoms with Crippen molar-refractivity contribution in [2.24, 2.45) is 0 Å². The molecule has 0 fully saturated rings. The quantitative estimate of drug-likeness (QED) is 0.227. The normalized spacial score (nSPS) is 12.4. The second-order valence-corrected chi connectivity index (χ2v) is 11.1. The Morgan fingerprint density at radius 1 is 0.375 bits per heavy atom. The molecule has 2 aliphatic carbocycles. The molecule has 0 N–H and O–H groups in total. The summed E-state index contributed by atoms with van der Waals surface area (Å²) in [5.74, 6) is 0. The van der Waals surface area contributed by atoms with Crippen molar-refractivity contribution in [3.63, 3.8) is 0 Å². The van der Waals surface area contributed by atoms with Crippen LogP contribution in [0.4, 0.5) is 11.4 Å². The molecule has 8 rings (SSSR count). The van der Waals surface area contributed by atoms with E-state index < -0.39 is 0 Å². The van der Waals surface area contributed by atoms with Crippen LogP contribution in [-0.4, -0.2) is 7.05 Å². The van der Waals surface area contributed by atoms with Crippen molar-refractivity contribution in [2.75, 3.05) is 11.9 Å². The molecule has 0 unspecified atom stereocenters. The topological polar surface area (TPSA) is 3.24 Å². The van der Waals surface area contributed by atoms with Crippen molar-refractivity contribution in [3.05, 3.63) is 156 Å². The van der Waals surface area contributed by atoms with E-state index in [-0.39, 0.29) is 0 Å². The highest BCUT2D eigenvalue weighted by Gasteiger charge is 2.19. The van der Waals surface area contributed by atoms with Crippen LogP contribution in [0.5, 0.6) is 0 Å². The number of fused-ring (bicyclic) bond motifs is 6. The average molecular weight is 512 g/mol. The van der Waals surface area contributed by atoms with E-state index >= 15 is 0 Å². The van der Waals surface area contributed by atoms with Gasteiger partial charge in [0.2, 0.25) is 0 Å². The summed E-state index contributed by atoms with van der Waals surface area (Å²) in [5.41, 5.74) is 18.6. The molecule has 190 valence electrons. The third-order valence-corrected chi connectivity index (χ3v) is 8.77. The first-order chi connectivity index (χ1) is 19.7. The van der Waals surface area contributed by atoms with Gasteiger partial charge >= 0.3 is 0 Å². The molecule has 0 aliphatic heterocycles. The van der Waals surface area contributed by atoms with Crippen LogP contribution in [0.25, 0.3) is 44.5 Å². The third-order valence-electron chi connectivity index (χ3n) is 8.77. The van der Waals surface area contributed by atoms with Gasteiger partial charge in [-0.2, -0.15) is 0 Å².